The molecule has 20 heavy (non-hydrogen) atoms. The normalized spacial score (nSPS) is 20.6. The smallest absolute Gasteiger partial charge is 0.497 e. The Bertz CT molecular complexity index is 628. The van der Waals surface area contributed by atoms with Gasteiger partial charge in [0.25, 0.3) is 0 Å². The minimum absolute atomic E-state index is 0.367. The standard InChI is InChI=1S/C15H19BO4/c1-14(2)15(3,4)20-16(19-14)13-8-10-6-7-11(17-5)9-12(10)18-13/h6-9H,1-5H3. The van der Waals surface area contributed by atoms with E-state index in [0.29, 0.717) is 5.66 Å². The van der Waals surface area contributed by atoms with Crippen molar-refractivity contribution in [3.8, 4) is 5.75 Å². The second-order valence-electron chi connectivity index (χ2n) is 6.14. The molecule has 0 spiro atoms. The first-order chi connectivity index (χ1) is 9.32. The van der Waals surface area contributed by atoms with E-state index in [1.807, 2.05) is 52.0 Å². The lowest BCUT2D eigenvalue weighted by molar-refractivity contribution is 0.00578. The molecule has 1 fully saturated rings. The van der Waals surface area contributed by atoms with Gasteiger partial charge in [-0.3, -0.25) is 0 Å². The molecule has 0 atom stereocenters. The zero-order valence-corrected chi connectivity index (χ0v) is 12.5. The van der Waals surface area contributed by atoms with Gasteiger partial charge in [-0.25, -0.2) is 0 Å². The van der Waals surface area contributed by atoms with Gasteiger partial charge in [0, 0.05) is 11.5 Å². The number of furan rings is 1. The van der Waals surface area contributed by atoms with Gasteiger partial charge in [-0.1, -0.05) is 0 Å². The van der Waals surface area contributed by atoms with Gasteiger partial charge < -0.3 is 18.5 Å². The third-order valence-corrected chi connectivity index (χ3v) is 4.23. The number of hydrogen-bond acceptors (Lipinski definition) is 4. The van der Waals surface area contributed by atoms with Gasteiger partial charge in [0.05, 0.1) is 18.3 Å². The van der Waals surface area contributed by atoms with Gasteiger partial charge >= 0.3 is 7.12 Å². The van der Waals surface area contributed by atoms with Crippen LogP contribution in [-0.4, -0.2) is 25.4 Å². The first-order valence-electron chi connectivity index (χ1n) is 6.75. The zero-order valence-electron chi connectivity index (χ0n) is 12.5. The lowest BCUT2D eigenvalue weighted by Crippen LogP contribution is -2.41. The fourth-order valence-electron chi connectivity index (χ4n) is 2.23. The van der Waals surface area contributed by atoms with Crippen molar-refractivity contribution in [2.24, 2.45) is 0 Å². The number of methoxy groups -OCH3 is 1. The van der Waals surface area contributed by atoms with Crippen LogP contribution in [0.4, 0.5) is 0 Å². The van der Waals surface area contributed by atoms with E-state index in [-0.39, 0.29) is 11.2 Å². The van der Waals surface area contributed by atoms with Gasteiger partial charge in [-0.2, -0.15) is 0 Å². The molecule has 0 bridgehead atoms. The maximum atomic E-state index is 5.99. The quantitative estimate of drug-likeness (QED) is 0.789. The van der Waals surface area contributed by atoms with Crippen LogP contribution in [-0.2, 0) is 9.31 Å². The Kier molecular flexibility index (Phi) is 2.89. The molecular formula is C15H19BO4. The molecule has 1 aliphatic heterocycles. The molecule has 5 heteroatoms. The van der Waals surface area contributed by atoms with E-state index in [9.17, 15) is 0 Å². The Balaban J connectivity index is 1.96. The van der Waals surface area contributed by atoms with Crippen LogP contribution >= 0.6 is 0 Å². The highest BCUT2D eigenvalue weighted by Gasteiger charge is 2.53. The monoisotopic (exact) mass is 274 g/mol. The highest BCUT2D eigenvalue weighted by molar-refractivity contribution is 6.61. The summed E-state index contributed by atoms with van der Waals surface area (Å²) in [5, 5.41) is 1.01. The van der Waals surface area contributed by atoms with Gasteiger partial charge in [-0.15, -0.1) is 0 Å². The molecule has 3 rings (SSSR count). The molecule has 106 valence electrons. The number of benzene rings is 1. The van der Waals surface area contributed by atoms with Crippen molar-refractivity contribution in [1.82, 2.24) is 0 Å². The van der Waals surface area contributed by atoms with Crippen LogP contribution in [0, 0.1) is 0 Å². The van der Waals surface area contributed by atoms with E-state index < -0.39 is 7.12 Å². The molecule has 1 aliphatic rings. The third-order valence-electron chi connectivity index (χ3n) is 4.23. The topological polar surface area (TPSA) is 40.8 Å². The van der Waals surface area contributed by atoms with E-state index in [1.165, 1.54) is 0 Å². The van der Waals surface area contributed by atoms with Crippen LogP contribution in [0.1, 0.15) is 27.7 Å². The predicted octanol–water partition coefficient (Wildman–Crippen LogP) is 2.74. The van der Waals surface area contributed by atoms with Gasteiger partial charge in [0.1, 0.15) is 17.0 Å². The zero-order chi connectivity index (χ0) is 14.5. The fourth-order valence-corrected chi connectivity index (χ4v) is 2.23. The molecule has 0 saturated carbocycles. The predicted molar refractivity (Wildman–Crippen MR) is 78.5 cm³/mol. The summed E-state index contributed by atoms with van der Waals surface area (Å²) >= 11 is 0. The van der Waals surface area contributed by atoms with Crippen LogP contribution in [0.2, 0.25) is 0 Å². The van der Waals surface area contributed by atoms with E-state index in [2.05, 4.69) is 0 Å². The first-order valence-corrected chi connectivity index (χ1v) is 6.75. The van der Waals surface area contributed by atoms with Crippen LogP contribution < -0.4 is 10.4 Å². The molecule has 0 unspecified atom stereocenters. The highest BCUT2D eigenvalue weighted by atomic mass is 16.7. The van der Waals surface area contributed by atoms with Crippen molar-refractivity contribution in [3.05, 3.63) is 24.3 Å². The summed E-state index contributed by atoms with van der Waals surface area (Å²) in [5.41, 5.74) is 0.726. The minimum atomic E-state index is -0.474. The summed E-state index contributed by atoms with van der Waals surface area (Å²) in [6.07, 6.45) is 0. The van der Waals surface area contributed by atoms with Crippen LogP contribution in [0.25, 0.3) is 11.0 Å². The number of ether oxygens (including phenoxy) is 1. The Morgan fingerprint density at radius 1 is 1.00 bits per heavy atom. The largest absolute Gasteiger partial charge is 0.532 e. The Morgan fingerprint density at radius 3 is 2.25 bits per heavy atom. The van der Waals surface area contributed by atoms with E-state index in [4.69, 9.17) is 18.5 Å². The average molecular weight is 274 g/mol. The maximum absolute atomic E-state index is 5.99. The van der Waals surface area contributed by atoms with Crippen molar-refractivity contribution < 1.29 is 18.5 Å². The van der Waals surface area contributed by atoms with Crippen molar-refractivity contribution in [2.45, 2.75) is 38.9 Å². The average Bonchev–Trinajstić information content (AvgIpc) is 2.87. The van der Waals surface area contributed by atoms with E-state index >= 15 is 0 Å². The molecule has 2 heterocycles. The molecule has 1 aromatic carbocycles. The van der Waals surface area contributed by atoms with Crippen LogP contribution in [0.5, 0.6) is 5.75 Å². The number of rotatable bonds is 2. The van der Waals surface area contributed by atoms with Crippen molar-refractivity contribution in [2.75, 3.05) is 7.11 Å². The summed E-state index contributed by atoms with van der Waals surface area (Å²) in [4.78, 5) is 0. The van der Waals surface area contributed by atoms with Gasteiger partial charge in [-0.05, 0) is 45.9 Å². The second kappa shape index (κ2) is 4.27. The molecule has 4 nitrogen and oxygen atoms in total. The minimum Gasteiger partial charge on any atom is -0.497 e. The van der Waals surface area contributed by atoms with Crippen molar-refractivity contribution in [1.29, 1.82) is 0 Å². The molecule has 0 radical (unpaired) electrons. The molecular weight excluding hydrogens is 255 g/mol. The number of hydrogen-bond donors (Lipinski definition) is 0. The molecule has 0 aliphatic carbocycles. The first kappa shape index (κ1) is 13.5. The fraction of sp³-hybridized carbons (Fsp3) is 0.467. The summed E-state index contributed by atoms with van der Waals surface area (Å²) in [6.45, 7) is 8.11. The molecule has 2 aromatic rings. The summed E-state index contributed by atoms with van der Waals surface area (Å²) in [7, 11) is 1.16. The second-order valence-corrected chi connectivity index (χ2v) is 6.14. The number of fused-ring (bicyclic) bond motifs is 1. The lowest BCUT2D eigenvalue weighted by Gasteiger charge is -2.32. The molecule has 0 N–H and O–H groups in total. The summed E-state index contributed by atoms with van der Waals surface area (Å²) in [5.74, 6) is 0.771. The molecule has 1 saturated heterocycles. The maximum Gasteiger partial charge on any atom is 0.532 e. The Morgan fingerprint density at radius 2 is 1.65 bits per heavy atom. The third kappa shape index (κ3) is 2.01. The Hall–Kier alpha value is -1.46. The van der Waals surface area contributed by atoms with E-state index in [0.717, 1.165) is 16.7 Å². The van der Waals surface area contributed by atoms with Crippen LogP contribution in [0.3, 0.4) is 0 Å². The molecule has 0 amide bonds. The molecule has 1 aromatic heterocycles. The highest BCUT2D eigenvalue weighted by Crippen LogP contribution is 2.37. The van der Waals surface area contributed by atoms with Crippen molar-refractivity contribution >= 4 is 23.7 Å². The van der Waals surface area contributed by atoms with Crippen LogP contribution in [0.15, 0.2) is 28.7 Å². The van der Waals surface area contributed by atoms with Gasteiger partial charge in [0.15, 0.2) is 0 Å². The lowest BCUT2D eigenvalue weighted by atomic mass is 9.86. The summed E-state index contributed by atoms with van der Waals surface area (Å²) < 4.78 is 23.0. The van der Waals surface area contributed by atoms with Crippen molar-refractivity contribution in [3.63, 3.8) is 0 Å². The summed E-state index contributed by atoms with van der Waals surface area (Å²) in [6, 6.07) is 7.69. The van der Waals surface area contributed by atoms with Gasteiger partial charge in [0.2, 0.25) is 0 Å². The van der Waals surface area contributed by atoms with E-state index in [1.54, 1.807) is 7.11 Å². The Labute approximate surface area is 119 Å². The SMILES string of the molecule is COc1ccc2cc(B3OC(C)(C)C(C)(C)O3)oc2c1.